The molecule has 0 saturated carbocycles. The predicted molar refractivity (Wildman–Crippen MR) is 79.6 cm³/mol. The molecule has 0 aliphatic carbocycles. The van der Waals surface area contributed by atoms with Crippen molar-refractivity contribution in [1.29, 1.82) is 0 Å². The summed E-state index contributed by atoms with van der Waals surface area (Å²) in [6, 6.07) is 2.24. The van der Waals surface area contributed by atoms with Gasteiger partial charge in [-0.1, -0.05) is 0 Å². The van der Waals surface area contributed by atoms with Gasteiger partial charge in [-0.15, -0.1) is 0 Å². The molecule has 0 amide bonds. The smallest absolute Gasteiger partial charge is 0.150 e. The van der Waals surface area contributed by atoms with Crippen LogP contribution in [0.1, 0.15) is 0 Å². The lowest BCUT2D eigenvalue weighted by Gasteiger charge is -1.95. The summed E-state index contributed by atoms with van der Waals surface area (Å²) in [5.41, 5.74) is 0.411. The first-order valence-corrected chi connectivity index (χ1v) is 7.25. The van der Waals surface area contributed by atoms with Gasteiger partial charge in [0.2, 0.25) is 0 Å². The highest BCUT2D eigenvalue weighted by molar-refractivity contribution is 5.61. The molecule has 0 saturated heterocycles. The van der Waals surface area contributed by atoms with Crippen molar-refractivity contribution < 1.29 is 17.6 Å². The Morgan fingerprint density at radius 3 is 2.21 bits per heavy atom. The summed E-state index contributed by atoms with van der Waals surface area (Å²) in [5.74, 6) is -2.20. The molecule has 0 spiro atoms. The van der Waals surface area contributed by atoms with Crippen LogP contribution >= 0.6 is 0 Å². The van der Waals surface area contributed by atoms with Crippen LogP contribution in [-0.4, -0.2) is 23.1 Å². The maximum Gasteiger partial charge on any atom is 0.150 e. The number of aromatic amines is 2. The SMILES string of the molecule is FC1=C/C(=c2\[nH]/c(=c3\[nH]/c(=C4\NCC=C4F)cc3F)cc2F)NC1. The van der Waals surface area contributed by atoms with Crippen LogP contribution in [0.5, 0.6) is 0 Å². The van der Waals surface area contributed by atoms with Crippen LogP contribution in [0.3, 0.4) is 0 Å². The predicted octanol–water partition coefficient (Wildman–Crippen LogP) is 1.04. The molecule has 124 valence electrons. The summed E-state index contributed by atoms with van der Waals surface area (Å²) in [7, 11) is 0. The number of hydrogen-bond donors (Lipinski definition) is 4. The monoisotopic (exact) mass is 336 g/mol. The standard InChI is InChI=1S/C16H12F4N4/c17-7-3-11(22-6-7)15-9(19)5-13(24-15)16-10(20)4-12(23-16)14-8(18)1-2-21-14/h1,3-5,21-24H,2,6H2/b14-12-,15-11+,16-13-. The van der Waals surface area contributed by atoms with E-state index in [0.29, 0.717) is 6.54 Å². The van der Waals surface area contributed by atoms with Gasteiger partial charge >= 0.3 is 0 Å². The zero-order valence-electron chi connectivity index (χ0n) is 12.2. The number of halogens is 4. The Kier molecular flexibility index (Phi) is 3.26. The van der Waals surface area contributed by atoms with Crippen LogP contribution in [0.4, 0.5) is 17.6 Å². The number of hydrogen-bond acceptors (Lipinski definition) is 2. The van der Waals surface area contributed by atoms with E-state index in [-0.39, 0.29) is 39.3 Å². The molecule has 4 heterocycles. The van der Waals surface area contributed by atoms with E-state index in [1.807, 2.05) is 0 Å². The number of nitrogens with one attached hydrogen (secondary N) is 4. The highest BCUT2D eigenvalue weighted by Gasteiger charge is 2.14. The van der Waals surface area contributed by atoms with Gasteiger partial charge in [0.1, 0.15) is 11.7 Å². The topological polar surface area (TPSA) is 55.6 Å². The maximum atomic E-state index is 14.2. The first kappa shape index (κ1) is 14.7. The Morgan fingerprint density at radius 2 is 1.54 bits per heavy atom. The van der Waals surface area contributed by atoms with Crippen LogP contribution < -0.4 is 21.3 Å². The van der Waals surface area contributed by atoms with Crippen LogP contribution in [-0.2, 0) is 0 Å². The summed E-state index contributed by atoms with van der Waals surface area (Å²) >= 11 is 0. The molecule has 4 nitrogen and oxygen atoms in total. The third-order valence-corrected chi connectivity index (χ3v) is 3.89. The first-order valence-electron chi connectivity index (χ1n) is 7.25. The second-order valence-corrected chi connectivity index (χ2v) is 5.48. The Balaban J connectivity index is 2.01. The van der Waals surface area contributed by atoms with E-state index in [9.17, 15) is 17.6 Å². The second kappa shape index (κ2) is 5.33. The third-order valence-electron chi connectivity index (χ3n) is 3.89. The summed E-state index contributed by atoms with van der Waals surface area (Å²) in [6.45, 7) is 0.306. The first-order chi connectivity index (χ1) is 11.5. The summed E-state index contributed by atoms with van der Waals surface area (Å²) in [5, 5.41) is 5.88. The quantitative estimate of drug-likeness (QED) is 0.544. The summed E-state index contributed by atoms with van der Waals surface area (Å²) in [4.78, 5) is 5.46. The normalized spacial score (nSPS) is 23.0. The fourth-order valence-electron chi connectivity index (χ4n) is 2.77. The van der Waals surface area contributed by atoms with Crippen molar-refractivity contribution in [2.45, 2.75) is 0 Å². The van der Waals surface area contributed by atoms with Gasteiger partial charge in [-0.05, 0) is 12.2 Å². The zero-order chi connectivity index (χ0) is 16.8. The van der Waals surface area contributed by atoms with Gasteiger partial charge in [0.25, 0.3) is 0 Å². The Morgan fingerprint density at radius 1 is 0.833 bits per heavy atom. The van der Waals surface area contributed by atoms with Crippen molar-refractivity contribution in [3.05, 3.63) is 69.0 Å². The molecule has 0 unspecified atom stereocenters. The van der Waals surface area contributed by atoms with Crippen LogP contribution in [0.15, 0.2) is 35.9 Å². The van der Waals surface area contributed by atoms with Crippen LogP contribution in [0.2, 0.25) is 0 Å². The molecule has 2 aromatic heterocycles. The van der Waals surface area contributed by atoms with E-state index >= 15 is 0 Å². The minimum absolute atomic E-state index is 0.00722. The molecule has 2 aliphatic rings. The lowest BCUT2D eigenvalue weighted by atomic mass is 10.4. The zero-order valence-corrected chi connectivity index (χ0v) is 12.2. The molecular weight excluding hydrogens is 324 g/mol. The molecule has 24 heavy (non-hydrogen) atoms. The van der Waals surface area contributed by atoms with Crippen LogP contribution in [0.25, 0.3) is 11.4 Å². The van der Waals surface area contributed by atoms with E-state index in [4.69, 9.17) is 0 Å². The van der Waals surface area contributed by atoms with E-state index in [1.165, 1.54) is 12.2 Å². The van der Waals surface area contributed by atoms with Gasteiger partial charge < -0.3 is 20.6 Å². The fourth-order valence-corrected chi connectivity index (χ4v) is 2.77. The van der Waals surface area contributed by atoms with Gasteiger partial charge in [0, 0.05) is 18.7 Å². The molecule has 0 fully saturated rings. The largest absolute Gasteiger partial charge is 0.377 e. The van der Waals surface area contributed by atoms with E-state index in [1.54, 1.807) is 0 Å². The van der Waals surface area contributed by atoms with Gasteiger partial charge in [-0.2, -0.15) is 0 Å². The molecule has 0 bridgehead atoms. The average Bonchev–Trinajstić information content (AvgIpc) is 3.27. The molecule has 2 aliphatic heterocycles. The summed E-state index contributed by atoms with van der Waals surface area (Å²) < 4.78 is 55.1. The Bertz CT molecular complexity index is 1100. The van der Waals surface area contributed by atoms with Crippen molar-refractivity contribution in [2.24, 2.45) is 0 Å². The van der Waals surface area contributed by atoms with E-state index in [2.05, 4.69) is 20.6 Å². The van der Waals surface area contributed by atoms with Crippen molar-refractivity contribution in [1.82, 2.24) is 20.6 Å². The lowest BCUT2D eigenvalue weighted by Crippen LogP contribution is -2.18. The number of rotatable bonds is 0. The molecule has 0 radical (unpaired) electrons. The van der Waals surface area contributed by atoms with Gasteiger partial charge in [-0.25, -0.2) is 17.6 Å². The number of aromatic nitrogens is 2. The van der Waals surface area contributed by atoms with Crippen molar-refractivity contribution in [2.75, 3.05) is 13.1 Å². The third kappa shape index (κ3) is 2.31. The maximum absolute atomic E-state index is 14.2. The molecule has 8 heteroatoms. The second-order valence-electron chi connectivity index (χ2n) is 5.48. The molecule has 2 aromatic rings. The van der Waals surface area contributed by atoms with Crippen LogP contribution in [0, 0.1) is 22.3 Å². The van der Waals surface area contributed by atoms with E-state index in [0.717, 1.165) is 12.1 Å². The van der Waals surface area contributed by atoms with Crippen molar-refractivity contribution in [3.8, 4) is 0 Å². The molecule has 0 aromatic carbocycles. The molecule has 4 rings (SSSR count). The highest BCUT2D eigenvalue weighted by atomic mass is 19.1. The minimum atomic E-state index is -0.655. The van der Waals surface area contributed by atoms with Crippen molar-refractivity contribution >= 4 is 11.4 Å². The molecule has 0 atom stereocenters. The molecule has 4 N–H and O–H groups in total. The van der Waals surface area contributed by atoms with E-state index < -0.39 is 23.3 Å². The highest BCUT2D eigenvalue weighted by Crippen LogP contribution is 2.13. The lowest BCUT2D eigenvalue weighted by molar-refractivity contribution is 0.613. The average molecular weight is 336 g/mol. The minimum Gasteiger partial charge on any atom is -0.377 e. The number of H-pyrrole nitrogens is 2. The Labute approximate surface area is 132 Å². The molecular formula is C16H12F4N4. The van der Waals surface area contributed by atoms with Gasteiger partial charge in [-0.3, -0.25) is 0 Å². The fraction of sp³-hybridized carbons (Fsp3) is 0.125. The Hall–Kier alpha value is -2.90. The van der Waals surface area contributed by atoms with Gasteiger partial charge in [0.05, 0.1) is 39.3 Å². The van der Waals surface area contributed by atoms with Crippen molar-refractivity contribution in [3.63, 3.8) is 0 Å². The summed E-state index contributed by atoms with van der Waals surface area (Å²) in [6.07, 6.45) is 2.51. The van der Waals surface area contributed by atoms with Gasteiger partial charge in [0.15, 0.2) is 11.6 Å².